The molecule has 3 aliphatic rings. The highest BCUT2D eigenvalue weighted by Crippen LogP contribution is 2.36. The summed E-state index contributed by atoms with van der Waals surface area (Å²) in [4.78, 5) is 42.3. The quantitative estimate of drug-likeness (QED) is 0.686. The largest absolute Gasteiger partial charge is 0.348 e. The number of fused-ring (bicyclic) bond motifs is 1. The molecule has 0 fully saturated rings. The lowest BCUT2D eigenvalue weighted by Crippen LogP contribution is -2.45. The molecule has 7 heteroatoms. The number of hydrogen-bond donors (Lipinski definition) is 2. The Labute approximate surface area is 212 Å². The molecule has 5 rings (SSSR count). The third kappa shape index (κ3) is 4.38. The number of likely N-dealkylation sites (N-methyl/N-ethyl adjacent to an activating group) is 1. The molecule has 2 aromatic carbocycles. The SMILES string of the molecule is CN1C(=O)N[C@H](c2ccc(C(C)(C)C)cc2)C2=C1CN(CC(=O)N[C@@H]1CCCc3ccccc31)C2=O. The van der Waals surface area contributed by atoms with Crippen LogP contribution in [0, 0.1) is 0 Å². The van der Waals surface area contributed by atoms with Crippen LogP contribution in [0.5, 0.6) is 0 Å². The molecule has 2 N–H and O–H groups in total. The van der Waals surface area contributed by atoms with Crippen LogP contribution in [0.25, 0.3) is 0 Å². The number of urea groups is 1. The Kier molecular flexibility index (Phi) is 6.10. The first kappa shape index (κ1) is 24.1. The first-order valence-corrected chi connectivity index (χ1v) is 12.7. The number of carbonyl (C=O) groups excluding carboxylic acids is 3. The fourth-order valence-electron chi connectivity index (χ4n) is 5.49. The minimum Gasteiger partial charge on any atom is -0.348 e. The van der Waals surface area contributed by atoms with E-state index in [0.717, 1.165) is 30.4 Å². The van der Waals surface area contributed by atoms with Crippen molar-refractivity contribution in [3.8, 4) is 0 Å². The van der Waals surface area contributed by atoms with Crippen molar-refractivity contribution in [2.45, 2.75) is 57.5 Å². The van der Waals surface area contributed by atoms with Gasteiger partial charge in [0.05, 0.1) is 29.9 Å². The number of aryl methyl sites for hydroxylation is 1. The number of amides is 4. The lowest BCUT2D eigenvalue weighted by atomic mass is 9.85. The van der Waals surface area contributed by atoms with Gasteiger partial charge < -0.3 is 15.5 Å². The lowest BCUT2D eigenvalue weighted by molar-refractivity contribution is -0.132. The minimum atomic E-state index is -0.538. The van der Waals surface area contributed by atoms with Gasteiger partial charge in [0.1, 0.15) is 6.54 Å². The highest BCUT2D eigenvalue weighted by atomic mass is 16.2. The maximum atomic E-state index is 13.5. The van der Waals surface area contributed by atoms with E-state index in [4.69, 9.17) is 0 Å². The molecule has 0 saturated carbocycles. The number of rotatable bonds is 4. The molecule has 7 nitrogen and oxygen atoms in total. The van der Waals surface area contributed by atoms with Crippen LogP contribution in [0.15, 0.2) is 59.8 Å². The van der Waals surface area contributed by atoms with Crippen LogP contribution >= 0.6 is 0 Å². The minimum absolute atomic E-state index is 0.00513. The number of benzene rings is 2. The Balaban J connectivity index is 1.33. The molecule has 4 amide bonds. The normalized spacial score (nSPS) is 21.8. The van der Waals surface area contributed by atoms with Gasteiger partial charge in [-0.1, -0.05) is 69.3 Å². The fourth-order valence-corrected chi connectivity index (χ4v) is 5.49. The molecule has 0 saturated heterocycles. The van der Waals surface area contributed by atoms with Crippen molar-refractivity contribution in [3.05, 3.63) is 82.1 Å². The molecule has 2 aliphatic heterocycles. The molecule has 2 atom stereocenters. The smallest absolute Gasteiger partial charge is 0.322 e. The summed E-state index contributed by atoms with van der Waals surface area (Å²) < 4.78 is 0. The predicted octanol–water partition coefficient (Wildman–Crippen LogP) is 3.97. The fraction of sp³-hybridized carbons (Fsp3) is 0.414. The number of nitrogens with one attached hydrogen (secondary N) is 2. The second-order valence-electron chi connectivity index (χ2n) is 11.0. The molecule has 0 bridgehead atoms. The lowest BCUT2D eigenvalue weighted by Gasteiger charge is -2.31. The van der Waals surface area contributed by atoms with Crippen molar-refractivity contribution in [2.24, 2.45) is 0 Å². The third-order valence-electron chi connectivity index (χ3n) is 7.58. The molecular formula is C29H34N4O3. The summed E-state index contributed by atoms with van der Waals surface area (Å²) in [5.74, 6) is -0.390. The van der Waals surface area contributed by atoms with Gasteiger partial charge in [-0.25, -0.2) is 4.79 Å². The molecular weight excluding hydrogens is 452 g/mol. The van der Waals surface area contributed by atoms with E-state index in [2.05, 4.69) is 43.5 Å². The molecule has 1 aliphatic carbocycles. The van der Waals surface area contributed by atoms with Crippen LogP contribution in [-0.4, -0.2) is 47.8 Å². The Morgan fingerprint density at radius 1 is 1.08 bits per heavy atom. The molecule has 0 radical (unpaired) electrons. The van der Waals surface area contributed by atoms with Crippen molar-refractivity contribution in [1.29, 1.82) is 0 Å². The van der Waals surface area contributed by atoms with Crippen LogP contribution in [0.2, 0.25) is 0 Å². The Bertz CT molecular complexity index is 1240. The maximum absolute atomic E-state index is 13.5. The van der Waals surface area contributed by atoms with Crippen molar-refractivity contribution in [1.82, 2.24) is 20.4 Å². The van der Waals surface area contributed by atoms with Gasteiger partial charge in [0.15, 0.2) is 0 Å². The van der Waals surface area contributed by atoms with Gasteiger partial charge >= 0.3 is 6.03 Å². The Hall–Kier alpha value is -3.61. The summed E-state index contributed by atoms with van der Waals surface area (Å²) in [5, 5.41) is 6.11. The van der Waals surface area contributed by atoms with Gasteiger partial charge in [-0.2, -0.15) is 0 Å². The summed E-state index contributed by atoms with van der Waals surface area (Å²) in [5.41, 5.74) is 5.67. The van der Waals surface area contributed by atoms with E-state index < -0.39 is 6.04 Å². The van der Waals surface area contributed by atoms with Crippen molar-refractivity contribution < 1.29 is 14.4 Å². The average Bonchev–Trinajstić information content (AvgIpc) is 3.17. The van der Waals surface area contributed by atoms with Gasteiger partial charge in [0.2, 0.25) is 5.91 Å². The van der Waals surface area contributed by atoms with E-state index in [1.165, 1.54) is 16.0 Å². The summed E-state index contributed by atoms with van der Waals surface area (Å²) >= 11 is 0. The highest BCUT2D eigenvalue weighted by Gasteiger charge is 2.43. The maximum Gasteiger partial charge on any atom is 0.322 e. The van der Waals surface area contributed by atoms with E-state index in [0.29, 0.717) is 11.3 Å². The zero-order valence-electron chi connectivity index (χ0n) is 21.4. The first-order valence-electron chi connectivity index (χ1n) is 12.7. The second kappa shape index (κ2) is 9.12. The number of nitrogens with zero attached hydrogens (tertiary/aromatic N) is 2. The third-order valence-corrected chi connectivity index (χ3v) is 7.58. The van der Waals surface area contributed by atoms with Crippen molar-refractivity contribution >= 4 is 17.8 Å². The van der Waals surface area contributed by atoms with E-state index in [9.17, 15) is 14.4 Å². The van der Waals surface area contributed by atoms with Gasteiger partial charge in [0, 0.05) is 7.05 Å². The predicted molar refractivity (Wildman–Crippen MR) is 138 cm³/mol. The molecule has 0 aromatic heterocycles. The summed E-state index contributed by atoms with van der Waals surface area (Å²) in [6, 6.07) is 15.4. The molecule has 2 aromatic rings. The zero-order chi connectivity index (χ0) is 25.6. The van der Waals surface area contributed by atoms with E-state index >= 15 is 0 Å². The van der Waals surface area contributed by atoms with E-state index in [1.807, 2.05) is 36.4 Å². The number of hydrogen-bond acceptors (Lipinski definition) is 3. The summed E-state index contributed by atoms with van der Waals surface area (Å²) in [6.07, 6.45) is 2.93. The van der Waals surface area contributed by atoms with Gasteiger partial charge in [-0.3, -0.25) is 14.5 Å². The van der Waals surface area contributed by atoms with E-state index in [-0.39, 0.29) is 42.4 Å². The van der Waals surface area contributed by atoms with Gasteiger partial charge in [-0.15, -0.1) is 0 Å². The van der Waals surface area contributed by atoms with Crippen LogP contribution in [-0.2, 0) is 21.4 Å². The second-order valence-corrected chi connectivity index (χ2v) is 11.0. The van der Waals surface area contributed by atoms with E-state index in [1.54, 1.807) is 11.9 Å². The van der Waals surface area contributed by atoms with Crippen molar-refractivity contribution in [3.63, 3.8) is 0 Å². The molecule has 36 heavy (non-hydrogen) atoms. The Morgan fingerprint density at radius 3 is 2.53 bits per heavy atom. The average molecular weight is 487 g/mol. The first-order chi connectivity index (χ1) is 17.1. The van der Waals surface area contributed by atoms with Crippen LogP contribution in [0.4, 0.5) is 4.79 Å². The van der Waals surface area contributed by atoms with Gasteiger partial charge in [-0.05, 0) is 46.9 Å². The summed E-state index contributed by atoms with van der Waals surface area (Å²) in [7, 11) is 1.67. The zero-order valence-corrected chi connectivity index (χ0v) is 21.4. The monoisotopic (exact) mass is 486 g/mol. The molecule has 0 spiro atoms. The van der Waals surface area contributed by atoms with Crippen LogP contribution < -0.4 is 10.6 Å². The van der Waals surface area contributed by atoms with Crippen LogP contribution in [0.3, 0.4) is 0 Å². The molecule has 188 valence electrons. The topological polar surface area (TPSA) is 81.8 Å². The van der Waals surface area contributed by atoms with Crippen molar-refractivity contribution in [2.75, 3.05) is 20.1 Å². The van der Waals surface area contributed by atoms with Gasteiger partial charge in [0.25, 0.3) is 5.91 Å². The highest BCUT2D eigenvalue weighted by molar-refractivity contribution is 6.03. The van der Waals surface area contributed by atoms with Crippen LogP contribution in [0.1, 0.15) is 68.0 Å². The molecule has 0 unspecified atom stereocenters. The number of carbonyl (C=O) groups is 3. The summed E-state index contributed by atoms with van der Waals surface area (Å²) in [6.45, 7) is 6.64. The molecule has 2 heterocycles. The Morgan fingerprint density at radius 2 is 1.81 bits per heavy atom. The standard InChI is InChI=1S/C29H34N4O3/c1-29(2,3)20-14-12-19(13-15-20)26-25-23(32(4)28(36)31-26)16-33(27(25)35)17-24(34)30-22-11-7-9-18-8-5-6-10-21(18)22/h5-6,8,10,12-15,22,26H,7,9,11,16-17H2,1-4H3,(H,30,34)(H,31,36)/t22-,26-/m1/s1.